The third-order valence-electron chi connectivity index (χ3n) is 4.17. The largest absolute Gasteiger partial charge is 0.428 e. The van der Waals surface area contributed by atoms with Crippen molar-refractivity contribution in [2.45, 2.75) is 19.3 Å². The summed E-state index contributed by atoms with van der Waals surface area (Å²) in [6.45, 7) is 1.60. The van der Waals surface area contributed by atoms with Crippen molar-refractivity contribution in [2.75, 3.05) is 0 Å². The molecule has 1 atom stereocenters. The van der Waals surface area contributed by atoms with E-state index in [0.29, 0.717) is 16.8 Å². The van der Waals surface area contributed by atoms with E-state index in [2.05, 4.69) is 4.98 Å². The molecule has 0 bridgehead atoms. The molecule has 0 saturated heterocycles. The molecule has 1 aliphatic rings. The Morgan fingerprint density at radius 1 is 1.12 bits per heavy atom. The first-order valence-corrected chi connectivity index (χ1v) is 7.50. The van der Waals surface area contributed by atoms with Crippen molar-refractivity contribution in [1.29, 1.82) is 0 Å². The smallest absolute Gasteiger partial charge is 0.343 e. The summed E-state index contributed by atoms with van der Waals surface area (Å²) in [5.41, 5.74) is 0.332. The Balaban J connectivity index is 1.98. The zero-order valence-corrected chi connectivity index (χ0v) is 12.8. The van der Waals surface area contributed by atoms with Crippen LogP contribution in [0.25, 0.3) is 10.9 Å². The topological polar surface area (TPSA) is 89.4 Å². The summed E-state index contributed by atoms with van der Waals surface area (Å²) < 4.78 is 10.3. The molecule has 0 fully saturated rings. The lowest BCUT2D eigenvalue weighted by molar-refractivity contribution is -0.135. The number of rotatable bonds is 1. The molecule has 4 rings (SSSR count). The Labute approximate surface area is 135 Å². The van der Waals surface area contributed by atoms with Crippen LogP contribution in [0.15, 0.2) is 50.4 Å². The molecule has 0 unspecified atom stereocenters. The summed E-state index contributed by atoms with van der Waals surface area (Å²) >= 11 is 0. The highest BCUT2D eigenvalue weighted by Gasteiger charge is 2.33. The Hall–Kier alpha value is -3.15. The molecule has 0 aliphatic carbocycles. The number of nitrogens with one attached hydrogen (secondary N) is 1. The number of hydrogen-bond donors (Lipinski definition) is 1. The van der Waals surface area contributed by atoms with Crippen LogP contribution in [0.2, 0.25) is 0 Å². The summed E-state index contributed by atoms with van der Waals surface area (Å²) in [4.78, 5) is 39.5. The molecule has 2 aromatic heterocycles. The molecule has 0 saturated carbocycles. The van der Waals surface area contributed by atoms with Crippen LogP contribution in [0.1, 0.15) is 29.2 Å². The first kappa shape index (κ1) is 14.4. The molecular formula is C18H13NO5. The van der Waals surface area contributed by atoms with Crippen LogP contribution in [0.5, 0.6) is 5.75 Å². The van der Waals surface area contributed by atoms with Gasteiger partial charge < -0.3 is 14.1 Å². The second-order valence-electron chi connectivity index (χ2n) is 5.79. The lowest BCUT2D eigenvalue weighted by atomic mass is 9.87. The number of para-hydroxylation sites is 1. The lowest BCUT2D eigenvalue weighted by Crippen LogP contribution is -2.30. The molecule has 3 aromatic rings. The van der Waals surface area contributed by atoms with Gasteiger partial charge in [-0.2, -0.15) is 0 Å². The van der Waals surface area contributed by atoms with Crippen molar-refractivity contribution in [1.82, 2.24) is 4.98 Å². The van der Waals surface area contributed by atoms with E-state index in [-0.39, 0.29) is 23.3 Å². The third-order valence-corrected chi connectivity index (χ3v) is 4.17. The van der Waals surface area contributed by atoms with Crippen molar-refractivity contribution in [3.63, 3.8) is 0 Å². The van der Waals surface area contributed by atoms with Gasteiger partial charge in [0.1, 0.15) is 11.5 Å². The average molecular weight is 323 g/mol. The number of aryl methyl sites for hydroxylation is 1. The number of pyridine rings is 1. The van der Waals surface area contributed by atoms with Crippen LogP contribution >= 0.6 is 0 Å². The molecule has 0 amide bonds. The summed E-state index contributed by atoms with van der Waals surface area (Å²) in [6.07, 6.45) is -0.0811. The van der Waals surface area contributed by atoms with Gasteiger partial charge in [0.2, 0.25) is 0 Å². The molecule has 1 N–H and O–H groups in total. The van der Waals surface area contributed by atoms with Gasteiger partial charge in [-0.25, -0.2) is 4.79 Å². The van der Waals surface area contributed by atoms with Crippen molar-refractivity contribution in [2.24, 2.45) is 0 Å². The van der Waals surface area contributed by atoms with E-state index in [4.69, 9.17) is 9.15 Å². The highest BCUT2D eigenvalue weighted by Crippen LogP contribution is 2.36. The second kappa shape index (κ2) is 5.19. The van der Waals surface area contributed by atoms with Crippen LogP contribution in [-0.4, -0.2) is 11.0 Å². The maximum Gasteiger partial charge on any atom is 0.343 e. The van der Waals surface area contributed by atoms with E-state index in [1.165, 1.54) is 6.07 Å². The number of esters is 1. The van der Waals surface area contributed by atoms with E-state index < -0.39 is 17.5 Å². The summed E-state index contributed by atoms with van der Waals surface area (Å²) in [5.74, 6) is -0.659. The predicted octanol–water partition coefficient (Wildman–Crippen LogP) is 2.23. The van der Waals surface area contributed by atoms with E-state index in [1.54, 1.807) is 19.1 Å². The van der Waals surface area contributed by atoms with Crippen LogP contribution in [0, 0.1) is 6.92 Å². The monoisotopic (exact) mass is 323 g/mol. The van der Waals surface area contributed by atoms with Crippen molar-refractivity contribution in [3.05, 3.63) is 74.1 Å². The van der Waals surface area contributed by atoms with Gasteiger partial charge in [-0.05, 0) is 24.4 Å². The van der Waals surface area contributed by atoms with Crippen LogP contribution < -0.4 is 15.9 Å². The Bertz CT molecular complexity index is 1090. The van der Waals surface area contributed by atoms with E-state index in [9.17, 15) is 14.4 Å². The summed E-state index contributed by atoms with van der Waals surface area (Å²) in [5, 5.41) is 0.823. The molecule has 6 heteroatoms. The number of aromatic nitrogens is 1. The molecule has 120 valence electrons. The number of hydrogen-bond acceptors (Lipinski definition) is 5. The minimum Gasteiger partial charge on any atom is -0.428 e. The maximum absolute atomic E-state index is 12.5. The Morgan fingerprint density at radius 3 is 2.75 bits per heavy atom. The number of H-pyrrole nitrogens is 1. The minimum atomic E-state index is -0.688. The molecule has 0 radical (unpaired) electrons. The third kappa shape index (κ3) is 2.23. The fourth-order valence-corrected chi connectivity index (χ4v) is 3.11. The summed E-state index contributed by atoms with van der Waals surface area (Å²) in [6, 6.07) is 10.5. The number of carbonyl (C=O) groups is 1. The Kier molecular flexibility index (Phi) is 3.13. The van der Waals surface area contributed by atoms with Crippen molar-refractivity contribution in [3.8, 4) is 5.75 Å². The van der Waals surface area contributed by atoms with Crippen LogP contribution in [-0.2, 0) is 4.79 Å². The molecule has 3 heterocycles. The number of fused-ring (bicyclic) bond motifs is 2. The SMILES string of the molecule is Cc1cc2c(c(=O)o1)[C@@H](c1cc3ccccc3[nH]c1=O)CC(=O)O2. The van der Waals surface area contributed by atoms with Gasteiger partial charge >= 0.3 is 11.6 Å². The van der Waals surface area contributed by atoms with Crippen LogP contribution in [0.3, 0.4) is 0 Å². The Morgan fingerprint density at radius 2 is 1.92 bits per heavy atom. The number of carbonyl (C=O) groups excluding carboxylic acids is 1. The zero-order valence-electron chi connectivity index (χ0n) is 12.8. The zero-order chi connectivity index (χ0) is 16.8. The van der Waals surface area contributed by atoms with Gasteiger partial charge in [-0.1, -0.05) is 18.2 Å². The molecule has 6 nitrogen and oxygen atoms in total. The highest BCUT2D eigenvalue weighted by molar-refractivity contribution is 5.81. The van der Waals surface area contributed by atoms with E-state index >= 15 is 0 Å². The quantitative estimate of drug-likeness (QED) is 0.694. The highest BCUT2D eigenvalue weighted by atomic mass is 16.5. The molecule has 0 spiro atoms. The van der Waals surface area contributed by atoms with Crippen molar-refractivity contribution >= 4 is 16.9 Å². The van der Waals surface area contributed by atoms with Gasteiger partial charge in [0.05, 0.1) is 12.0 Å². The van der Waals surface area contributed by atoms with Gasteiger partial charge in [-0.15, -0.1) is 0 Å². The van der Waals surface area contributed by atoms with Crippen molar-refractivity contribution < 1.29 is 13.9 Å². The van der Waals surface area contributed by atoms with Gasteiger partial charge in [0.25, 0.3) is 5.56 Å². The number of ether oxygens (including phenoxy) is 1. The molecular weight excluding hydrogens is 310 g/mol. The molecule has 1 aliphatic heterocycles. The predicted molar refractivity (Wildman–Crippen MR) is 86.4 cm³/mol. The lowest BCUT2D eigenvalue weighted by Gasteiger charge is -2.23. The standard InChI is InChI=1S/C18H13NO5/c1-9-6-14-16(18(22)23-9)11(8-15(20)24-14)12-7-10-4-2-3-5-13(10)19-17(12)21/h2-7,11H,8H2,1H3,(H,19,21)/t11-/m1/s1. The van der Waals surface area contributed by atoms with E-state index in [1.807, 2.05) is 18.2 Å². The van der Waals surface area contributed by atoms with Gasteiger partial charge in [-0.3, -0.25) is 9.59 Å². The molecule has 24 heavy (non-hydrogen) atoms. The first-order chi connectivity index (χ1) is 11.5. The number of benzene rings is 1. The van der Waals surface area contributed by atoms with Gasteiger partial charge in [0, 0.05) is 23.1 Å². The van der Waals surface area contributed by atoms with Gasteiger partial charge in [0.15, 0.2) is 0 Å². The molecule has 1 aromatic carbocycles. The fourth-order valence-electron chi connectivity index (χ4n) is 3.11. The first-order valence-electron chi connectivity index (χ1n) is 7.50. The van der Waals surface area contributed by atoms with E-state index in [0.717, 1.165) is 5.39 Å². The fraction of sp³-hybridized carbons (Fsp3) is 0.167. The number of aromatic amines is 1. The normalized spacial score (nSPS) is 16.7. The minimum absolute atomic E-state index is 0.0811. The summed E-state index contributed by atoms with van der Waals surface area (Å²) in [7, 11) is 0. The average Bonchev–Trinajstić information content (AvgIpc) is 2.52. The maximum atomic E-state index is 12.5. The second-order valence-corrected chi connectivity index (χ2v) is 5.79. The van der Waals surface area contributed by atoms with Crippen LogP contribution in [0.4, 0.5) is 0 Å².